The maximum Gasteiger partial charge on any atom is 0.394 e. The van der Waals surface area contributed by atoms with E-state index in [0.29, 0.717) is 12.1 Å². The Hall–Kier alpha value is -1.06. The van der Waals surface area contributed by atoms with Crippen molar-refractivity contribution in [1.29, 1.82) is 0 Å². The van der Waals surface area contributed by atoms with E-state index in [2.05, 4.69) is 4.99 Å². The van der Waals surface area contributed by atoms with Gasteiger partial charge in [-0.15, -0.1) is 0 Å². The molecule has 0 saturated heterocycles. The highest BCUT2D eigenvalue weighted by Crippen LogP contribution is 2.27. The van der Waals surface area contributed by atoms with Gasteiger partial charge in [-0.3, -0.25) is 4.99 Å². The number of aliphatic imine (C=N–C) groups is 1. The highest BCUT2D eigenvalue weighted by atomic mass is 19.4. The first-order valence-electron chi connectivity index (χ1n) is 4.76. The van der Waals surface area contributed by atoms with Crippen LogP contribution in [0.4, 0.5) is 13.2 Å². The maximum absolute atomic E-state index is 12.3. The third kappa shape index (κ3) is 6.10. The molecule has 0 spiro atoms. The predicted octanol–water partition coefficient (Wildman–Crippen LogP) is 3.78. The monoisotopic (exact) mass is 219 g/mol. The number of allylic oxidation sites excluding steroid dienone is 2. The van der Waals surface area contributed by atoms with Crippen molar-refractivity contribution < 1.29 is 13.2 Å². The van der Waals surface area contributed by atoms with Crippen LogP contribution in [0.2, 0.25) is 0 Å². The number of rotatable bonds is 4. The molecule has 0 saturated carbocycles. The van der Waals surface area contributed by atoms with Crippen LogP contribution in [0.25, 0.3) is 0 Å². The minimum Gasteiger partial charge on any atom is -0.293 e. The van der Waals surface area contributed by atoms with Crippen LogP contribution in [0, 0.1) is 5.92 Å². The Morgan fingerprint density at radius 3 is 2.33 bits per heavy atom. The van der Waals surface area contributed by atoms with Gasteiger partial charge in [0.05, 0.1) is 12.5 Å². The molecule has 1 nitrogen and oxygen atoms in total. The summed E-state index contributed by atoms with van der Waals surface area (Å²) in [5.41, 5.74) is 0.584. The average Bonchev–Trinajstić information content (AvgIpc) is 2.13. The maximum atomic E-state index is 12.3. The highest BCUT2D eigenvalue weighted by molar-refractivity contribution is 5.53. The second kappa shape index (κ2) is 6.43. The molecule has 0 aromatic rings. The van der Waals surface area contributed by atoms with Gasteiger partial charge in [0, 0.05) is 0 Å². The van der Waals surface area contributed by atoms with Gasteiger partial charge < -0.3 is 0 Å². The molecule has 0 aliphatic rings. The van der Waals surface area contributed by atoms with E-state index in [-0.39, 0.29) is 0 Å². The van der Waals surface area contributed by atoms with Crippen LogP contribution in [0.1, 0.15) is 20.8 Å². The lowest BCUT2D eigenvalue weighted by Gasteiger charge is -2.12. The second-order valence-electron chi connectivity index (χ2n) is 3.17. The Morgan fingerprint density at radius 2 is 1.93 bits per heavy atom. The molecule has 86 valence electrons. The molecular formula is C11H16F3N. The molecule has 0 bridgehead atoms. The van der Waals surface area contributed by atoms with E-state index < -0.39 is 12.1 Å². The largest absolute Gasteiger partial charge is 0.394 e. The minimum atomic E-state index is -4.18. The summed E-state index contributed by atoms with van der Waals surface area (Å²) in [6.45, 7) is 4.93. The molecule has 4 heteroatoms. The highest BCUT2D eigenvalue weighted by Gasteiger charge is 2.34. The van der Waals surface area contributed by atoms with Crippen LogP contribution >= 0.6 is 0 Å². The van der Waals surface area contributed by atoms with Crippen molar-refractivity contribution in [2.24, 2.45) is 10.9 Å². The summed E-state index contributed by atoms with van der Waals surface area (Å²) in [7, 11) is 0. The van der Waals surface area contributed by atoms with Gasteiger partial charge >= 0.3 is 6.18 Å². The number of hydrogen-bond acceptors (Lipinski definition) is 1. The van der Waals surface area contributed by atoms with Crippen molar-refractivity contribution in [3.8, 4) is 0 Å². The van der Waals surface area contributed by atoms with Gasteiger partial charge in [-0.25, -0.2) is 0 Å². The Bertz CT molecular complexity index is 261. The lowest BCUT2D eigenvalue weighted by molar-refractivity contribution is -0.156. The van der Waals surface area contributed by atoms with Crippen LogP contribution in [-0.4, -0.2) is 18.9 Å². The van der Waals surface area contributed by atoms with Crippen molar-refractivity contribution in [3.63, 3.8) is 0 Å². The number of hydrogen-bond donors (Lipinski definition) is 0. The van der Waals surface area contributed by atoms with Crippen molar-refractivity contribution >= 4 is 6.21 Å². The molecule has 1 unspecified atom stereocenters. The fourth-order valence-electron chi connectivity index (χ4n) is 0.987. The minimum absolute atomic E-state index is 0.293. The summed E-state index contributed by atoms with van der Waals surface area (Å²) < 4.78 is 36.8. The first-order chi connectivity index (χ1) is 6.91. The zero-order chi connectivity index (χ0) is 11.9. The van der Waals surface area contributed by atoms with Crippen LogP contribution < -0.4 is 0 Å². The van der Waals surface area contributed by atoms with Crippen LogP contribution in [0.3, 0.4) is 0 Å². The standard InChI is InChI=1S/C11H16F3N/c1-4-6-10(8-15-5-2)7-9(3)11(12,13)14/h4-7,9H,8H2,1-3H3/b6-4-,10-7+,15-5?. The van der Waals surface area contributed by atoms with Gasteiger partial charge in [0.25, 0.3) is 0 Å². The van der Waals surface area contributed by atoms with E-state index in [1.807, 2.05) is 0 Å². The zero-order valence-electron chi connectivity index (χ0n) is 9.17. The summed E-state index contributed by atoms with van der Waals surface area (Å²) in [5, 5.41) is 0. The fourth-order valence-corrected chi connectivity index (χ4v) is 0.987. The normalized spacial score (nSPS) is 16.5. The zero-order valence-corrected chi connectivity index (χ0v) is 9.17. The van der Waals surface area contributed by atoms with Crippen LogP contribution in [-0.2, 0) is 0 Å². The summed E-state index contributed by atoms with van der Waals surface area (Å²) in [4.78, 5) is 3.91. The molecule has 1 atom stereocenters. The van der Waals surface area contributed by atoms with Crippen LogP contribution in [0.15, 0.2) is 28.8 Å². The van der Waals surface area contributed by atoms with E-state index in [9.17, 15) is 13.2 Å². The molecule has 0 aromatic heterocycles. The molecule has 0 rings (SSSR count). The molecule has 0 heterocycles. The van der Waals surface area contributed by atoms with Gasteiger partial charge in [-0.2, -0.15) is 13.2 Å². The smallest absolute Gasteiger partial charge is 0.293 e. The topological polar surface area (TPSA) is 12.4 Å². The van der Waals surface area contributed by atoms with E-state index in [1.54, 1.807) is 32.2 Å². The summed E-state index contributed by atoms with van der Waals surface area (Å²) in [5.74, 6) is -1.43. The molecule has 0 aliphatic heterocycles. The van der Waals surface area contributed by atoms with Gasteiger partial charge in [0.1, 0.15) is 0 Å². The molecule has 0 fully saturated rings. The van der Waals surface area contributed by atoms with Crippen molar-refractivity contribution in [2.75, 3.05) is 6.54 Å². The van der Waals surface area contributed by atoms with Crippen molar-refractivity contribution in [2.45, 2.75) is 26.9 Å². The van der Waals surface area contributed by atoms with E-state index >= 15 is 0 Å². The lowest BCUT2D eigenvalue weighted by atomic mass is 10.1. The number of nitrogens with zero attached hydrogens (tertiary/aromatic N) is 1. The molecule has 0 aromatic carbocycles. The SMILES string of the molecule is CC=NCC(/C=C\C)=C/C(C)C(F)(F)F. The molecular weight excluding hydrogens is 203 g/mol. The quantitative estimate of drug-likeness (QED) is 0.504. The van der Waals surface area contributed by atoms with Crippen LogP contribution in [0.5, 0.6) is 0 Å². The van der Waals surface area contributed by atoms with Gasteiger partial charge in [0.15, 0.2) is 0 Å². The lowest BCUT2D eigenvalue weighted by Crippen LogP contribution is -2.18. The predicted molar refractivity (Wildman–Crippen MR) is 57.1 cm³/mol. The van der Waals surface area contributed by atoms with E-state index in [1.165, 1.54) is 6.08 Å². The Balaban J connectivity index is 4.67. The van der Waals surface area contributed by atoms with E-state index in [0.717, 1.165) is 6.92 Å². The summed E-state index contributed by atoms with van der Waals surface area (Å²) in [6, 6.07) is 0. The summed E-state index contributed by atoms with van der Waals surface area (Å²) >= 11 is 0. The van der Waals surface area contributed by atoms with Crippen molar-refractivity contribution in [1.82, 2.24) is 0 Å². The van der Waals surface area contributed by atoms with Gasteiger partial charge in [-0.05, 0) is 25.6 Å². The number of halogens is 3. The number of alkyl halides is 3. The molecule has 0 amide bonds. The molecule has 0 aliphatic carbocycles. The second-order valence-corrected chi connectivity index (χ2v) is 3.17. The molecule has 15 heavy (non-hydrogen) atoms. The average molecular weight is 219 g/mol. The third-order valence-electron chi connectivity index (χ3n) is 1.82. The Kier molecular flexibility index (Phi) is 5.97. The van der Waals surface area contributed by atoms with Gasteiger partial charge in [0.2, 0.25) is 0 Å². The molecule has 0 N–H and O–H groups in total. The first kappa shape index (κ1) is 13.9. The fraction of sp³-hybridized carbons (Fsp3) is 0.545. The Labute approximate surface area is 88.4 Å². The summed E-state index contributed by atoms with van der Waals surface area (Å²) in [6.07, 6.45) is 1.96. The molecule has 0 radical (unpaired) electrons. The third-order valence-corrected chi connectivity index (χ3v) is 1.82. The van der Waals surface area contributed by atoms with Gasteiger partial charge in [-0.1, -0.05) is 25.2 Å². The first-order valence-corrected chi connectivity index (χ1v) is 4.76. The van der Waals surface area contributed by atoms with Crippen molar-refractivity contribution in [3.05, 3.63) is 23.8 Å². The van der Waals surface area contributed by atoms with E-state index in [4.69, 9.17) is 0 Å². The Morgan fingerprint density at radius 1 is 1.33 bits per heavy atom.